The lowest BCUT2D eigenvalue weighted by Gasteiger charge is -2.34. The third kappa shape index (κ3) is 5.25. The molecule has 1 heterocycles. The fraction of sp³-hybridized carbons (Fsp3) is 0.667. The Kier molecular flexibility index (Phi) is 5.95. The largest absolute Gasteiger partial charge is 0.481 e. The van der Waals surface area contributed by atoms with Gasteiger partial charge in [0.05, 0.1) is 12.8 Å². The Balaban J connectivity index is 2.32. The standard InChI is InChI=1S/C12H18N2O6/c15-9(1-3-11(17)18)13-5-7-14(8-6-13)10(16)2-4-12(19)20/h1-8H2,(H,17,18)(H,19,20). The van der Waals surface area contributed by atoms with Crippen molar-refractivity contribution in [2.45, 2.75) is 25.7 Å². The molecular weight excluding hydrogens is 268 g/mol. The molecule has 1 saturated heterocycles. The summed E-state index contributed by atoms with van der Waals surface area (Å²) in [6.45, 7) is 1.43. The Labute approximate surface area is 116 Å². The molecule has 0 bridgehead atoms. The van der Waals surface area contributed by atoms with E-state index in [1.165, 1.54) is 9.80 Å². The smallest absolute Gasteiger partial charge is 0.303 e. The van der Waals surface area contributed by atoms with E-state index in [1.54, 1.807) is 0 Å². The maximum atomic E-state index is 11.7. The van der Waals surface area contributed by atoms with Crippen molar-refractivity contribution in [2.24, 2.45) is 0 Å². The molecule has 8 nitrogen and oxygen atoms in total. The number of rotatable bonds is 6. The molecule has 0 saturated carbocycles. The molecule has 20 heavy (non-hydrogen) atoms. The third-order valence-corrected chi connectivity index (χ3v) is 3.09. The average Bonchev–Trinajstić information content (AvgIpc) is 2.42. The molecule has 2 N–H and O–H groups in total. The predicted octanol–water partition coefficient (Wildman–Crippen LogP) is -0.613. The normalized spacial score (nSPS) is 15.0. The van der Waals surface area contributed by atoms with Crippen molar-refractivity contribution in [2.75, 3.05) is 26.2 Å². The van der Waals surface area contributed by atoms with Crippen molar-refractivity contribution >= 4 is 23.8 Å². The molecule has 1 aliphatic heterocycles. The first-order valence-corrected chi connectivity index (χ1v) is 6.39. The van der Waals surface area contributed by atoms with E-state index in [1.807, 2.05) is 0 Å². The second-order valence-electron chi connectivity index (χ2n) is 4.55. The molecule has 1 aliphatic rings. The highest BCUT2D eigenvalue weighted by Gasteiger charge is 2.24. The molecule has 0 aliphatic carbocycles. The lowest BCUT2D eigenvalue weighted by Crippen LogP contribution is -2.50. The van der Waals surface area contributed by atoms with Crippen LogP contribution in [-0.4, -0.2) is 69.9 Å². The van der Waals surface area contributed by atoms with Gasteiger partial charge in [0.1, 0.15) is 0 Å². The molecule has 0 unspecified atom stereocenters. The summed E-state index contributed by atoms with van der Waals surface area (Å²) in [4.78, 5) is 47.2. The Morgan fingerprint density at radius 1 is 0.650 bits per heavy atom. The minimum absolute atomic E-state index is 0.0394. The number of amides is 2. The zero-order valence-electron chi connectivity index (χ0n) is 11.1. The summed E-state index contributed by atoms with van der Waals surface area (Å²) >= 11 is 0. The summed E-state index contributed by atoms with van der Waals surface area (Å²) in [5.74, 6) is -2.49. The van der Waals surface area contributed by atoms with E-state index >= 15 is 0 Å². The van der Waals surface area contributed by atoms with Crippen molar-refractivity contribution in [3.05, 3.63) is 0 Å². The van der Waals surface area contributed by atoms with Gasteiger partial charge in [0.15, 0.2) is 0 Å². The quantitative estimate of drug-likeness (QED) is 0.673. The van der Waals surface area contributed by atoms with Crippen molar-refractivity contribution in [1.82, 2.24) is 9.80 Å². The average molecular weight is 286 g/mol. The molecule has 8 heteroatoms. The van der Waals surface area contributed by atoms with E-state index in [-0.39, 0.29) is 37.5 Å². The first-order valence-electron chi connectivity index (χ1n) is 6.39. The van der Waals surface area contributed by atoms with Gasteiger partial charge in [-0.2, -0.15) is 0 Å². The van der Waals surface area contributed by atoms with Crippen LogP contribution in [0.3, 0.4) is 0 Å². The van der Waals surface area contributed by atoms with Gasteiger partial charge in [0.2, 0.25) is 11.8 Å². The highest BCUT2D eigenvalue weighted by molar-refractivity contribution is 5.82. The Morgan fingerprint density at radius 3 is 1.20 bits per heavy atom. The number of carboxylic acid groups (broad SMARTS) is 2. The van der Waals surface area contributed by atoms with Gasteiger partial charge >= 0.3 is 11.9 Å². The number of piperazine rings is 1. The molecule has 0 spiro atoms. The number of carbonyl (C=O) groups excluding carboxylic acids is 2. The van der Waals surface area contributed by atoms with Crippen LogP contribution in [0, 0.1) is 0 Å². The molecule has 1 fully saturated rings. The summed E-state index contributed by atoms with van der Waals surface area (Å²) in [5, 5.41) is 17.0. The van der Waals surface area contributed by atoms with E-state index in [0.29, 0.717) is 26.2 Å². The van der Waals surface area contributed by atoms with Crippen molar-refractivity contribution in [3.63, 3.8) is 0 Å². The SMILES string of the molecule is O=C(O)CCC(=O)N1CCN(C(=O)CCC(=O)O)CC1. The van der Waals surface area contributed by atoms with Crippen LogP contribution in [0.4, 0.5) is 0 Å². The molecule has 0 aromatic heterocycles. The van der Waals surface area contributed by atoms with Gasteiger partial charge in [0, 0.05) is 39.0 Å². The summed E-state index contributed by atoms with van der Waals surface area (Å²) < 4.78 is 0. The highest BCUT2D eigenvalue weighted by Crippen LogP contribution is 2.07. The number of hydrogen-bond donors (Lipinski definition) is 2. The predicted molar refractivity (Wildman–Crippen MR) is 66.9 cm³/mol. The first kappa shape index (κ1) is 15.9. The summed E-state index contributed by atoms with van der Waals surface area (Å²) in [7, 11) is 0. The van der Waals surface area contributed by atoms with E-state index in [0.717, 1.165) is 0 Å². The molecule has 2 amide bonds. The Morgan fingerprint density at radius 2 is 0.950 bits per heavy atom. The van der Waals surface area contributed by atoms with Crippen molar-refractivity contribution in [3.8, 4) is 0 Å². The lowest BCUT2D eigenvalue weighted by molar-refractivity contribution is -0.144. The van der Waals surface area contributed by atoms with E-state index in [9.17, 15) is 19.2 Å². The number of aliphatic carboxylic acids is 2. The summed E-state index contributed by atoms with van der Waals surface area (Å²) in [5.41, 5.74) is 0. The maximum absolute atomic E-state index is 11.7. The zero-order valence-corrected chi connectivity index (χ0v) is 11.1. The van der Waals surface area contributed by atoms with Gasteiger partial charge < -0.3 is 20.0 Å². The minimum Gasteiger partial charge on any atom is -0.481 e. The van der Waals surface area contributed by atoms with Gasteiger partial charge in [0.25, 0.3) is 0 Å². The summed E-state index contributed by atoms with van der Waals surface area (Å²) in [6, 6.07) is 0. The molecule has 0 aromatic rings. The van der Waals surface area contributed by atoms with Crippen LogP contribution in [0.25, 0.3) is 0 Å². The van der Waals surface area contributed by atoms with Gasteiger partial charge in [-0.05, 0) is 0 Å². The second kappa shape index (κ2) is 7.46. The van der Waals surface area contributed by atoms with Crippen molar-refractivity contribution in [1.29, 1.82) is 0 Å². The van der Waals surface area contributed by atoms with Gasteiger partial charge in [-0.1, -0.05) is 0 Å². The molecule has 0 radical (unpaired) electrons. The van der Waals surface area contributed by atoms with Crippen LogP contribution >= 0.6 is 0 Å². The van der Waals surface area contributed by atoms with Gasteiger partial charge in [-0.25, -0.2) is 0 Å². The van der Waals surface area contributed by atoms with E-state index < -0.39 is 11.9 Å². The number of carbonyl (C=O) groups is 4. The van der Waals surface area contributed by atoms with E-state index in [4.69, 9.17) is 10.2 Å². The minimum atomic E-state index is -1.01. The Hall–Kier alpha value is -2.12. The number of hydrogen-bond acceptors (Lipinski definition) is 4. The lowest BCUT2D eigenvalue weighted by atomic mass is 10.2. The fourth-order valence-corrected chi connectivity index (χ4v) is 1.95. The van der Waals surface area contributed by atoms with Crippen molar-refractivity contribution < 1.29 is 29.4 Å². The molecular formula is C12H18N2O6. The highest BCUT2D eigenvalue weighted by atomic mass is 16.4. The molecule has 112 valence electrons. The van der Waals surface area contributed by atoms with Crippen LogP contribution in [0.5, 0.6) is 0 Å². The molecule has 1 rings (SSSR count). The molecule has 0 aromatic carbocycles. The first-order chi connectivity index (χ1) is 9.40. The van der Waals surface area contributed by atoms with Crippen LogP contribution in [0.2, 0.25) is 0 Å². The number of nitrogens with zero attached hydrogens (tertiary/aromatic N) is 2. The van der Waals surface area contributed by atoms with Crippen LogP contribution < -0.4 is 0 Å². The fourth-order valence-electron chi connectivity index (χ4n) is 1.95. The Bertz CT molecular complexity index is 363. The second-order valence-corrected chi connectivity index (χ2v) is 4.55. The van der Waals surface area contributed by atoms with Crippen LogP contribution in [0.1, 0.15) is 25.7 Å². The maximum Gasteiger partial charge on any atom is 0.303 e. The third-order valence-electron chi connectivity index (χ3n) is 3.09. The number of carboxylic acids is 2. The summed E-state index contributed by atoms with van der Waals surface area (Å²) in [6.07, 6.45) is -0.474. The molecule has 0 atom stereocenters. The van der Waals surface area contributed by atoms with E-state index in [2.05, 4.69) is 0 Å². The topological polar surface area (TPSA) is 115 Å². The van der Waals surface area contributed by atoms with Gasteiger partial charge in [-0.3, -0.25) is 19.2 Å². The van der Waals surface area contributed by atoms with Crippen LogP contribution in [-0.2, 0) is 19.2 Å². The zero-order chi connectivity index (χ0) is 15.1. The van der Waals surface area contributed by atoms with Crippen LogP contribution in [0.15, 0.2) is 0 Å². The van der Waals surface area contributed by atoms with Gasteiger partial charge in [-0.15, -0.1) is 0 Å². The monoisotopic (exact) mass is 286 g/mol.